The van der Waals surface area contributed by atoms with Crippen molar-refractivity contribution < 1.29 is 27.9 Å². The zero-order valence-electron chi connectivity index (χ0n) is 20.2. The van der Waals surface area contributed by atoms with E-state index in [1.54, 1.807) is 48.7 Å². The number of nitrogens with zero attached hydrogens (tertiary/aromatic N) is 4. The van der Waals surface area contributed by atoms with E-state index in [0.29, 0.717) is 29.8 Å². The number of fused-ring (bicyclic) bond motifs is 1. The summed E-state index contributed by atoms with van der Waals surface area (Å²) in [5.41, 5.74) is 12.8. The number of nitrogens with one attached hydrogen (secondary N) is 1. The van der Waals surface area contributed by atoms with E-state index < -0.39 is 32.1 Å². The first-order valence-corrected chi connectivity index (χ1v) is 13.1. The van der Waals surface area contributed by atoms with Crippen LogP contribution in [0, 0.1) is 0 Å². The Labute approximate surface area is 208 Å². The number of anilines is 2. The number of carbonyl (C=O) groups excluding carboxylic acids is 1. The zero-order chi connectivity index (χ0) is 25.9. The van der Waals surface area contributed by atoms with Gasteiger partial charge in [0.2, 0.25) is 5.95 Å². The molecular formula is C22H30N7O6P. The van der Waals surface area contributed by atoms with Crippen LogP contribution in [0.25, 0.3) is 11.2 Å². The minimum atomic E-state index is -3.99. The number of rotatable bonds is 10. The normalized spacial score (nSPS) is 20.3. The largest absolute Gasteiger partial charge is 0.462 e. The molecule has 1 aliphatic heterocycles. The van der Waals surface area contributed by atoms with Gasteiger partial charge in [-0.2, -0.15) is 5.09 Å². The summed E-state index contributed by atoms with van der Waals surface area (Å²) in [5.74, 6) is 0.156. The van der Waals surface area contributed by atoms with E-state index in [-0.39, 0.29) is 24.5 Å². The first kappa shape index (κ1) is 25.8. The second kappa shape index (κ2) is 10.8. The molecule has 1 aromatic carbocycles. The molecule has 1 saturated heterocycles. The molecule has 1 aliphatic rings. The molecule has 14 heteroatoms. The number of benzene rings is 1. The number of nitrogens with two attached hydrogens (primary N) is 2. The lowest BCUT2D eigenvalue weighted by Gasteiger charge is -2.24. The van der Waals surface area contributed by atoms with Gasteiger partial charge in [-0.05, 0) is 45.7 Å². The van der Waals surface area contributed by atoms with E-state index in [2.05, 4.69) is 20.0 Å². The van der Waals surface area contributed by atoms with E-state index in [1.165, 1.54) is 13.3 Å². The summed E-state index contributed by atoms with van der Waals surface area (Å²) >= 11 is 0. The van der Waals surface area contributed by atoms with Crippen LogP contribution in [0.4, 0.5) is 11.8 Å². The molecule has 4 atom stereocenters. The summed E-state index contributed by atoms with van der Waals surface area (Å²) in [5, 5.41) is 2.66. The zero-order valence-corrected chi connectivity index (χ0v) is 21.1. The Morgan fingerprint density at radius 3 is 2.69 bits per heavy atom. The van der Waals surface area contributed by atoms with Gasteiger partial charge in [-0.25, -0.2) is 19.5 Å². The van der Waals surface area contributed by atoms with Gasteiger partial charge in [0.05, 0.1) is 18.8 Å². The van der Waals surface area contributed by atoms with Crippen molar-refractivity contribution in [3.05, 3.63) is 36.7 Å². The average Bonchev–Trinajstić information content (AvgIpc) is 3.42. The van der Waals surface area contributed by atoms with E-state index in [1.807, 2.05) is 0 Å². The monoisotopic (exact) mass is 519 g/mol. The molecule has 0 spiro atoms. The topological polar surface area (TPSA) is 179 Å². The van der Waals surface area contributed by atoms with Crippen molar-refractivity contribution in [3.63, 3.8) is 0 Å². The van der Waals surface area contributed by atoms with Crippen molar-refractivity contribution in [2.24, 2.45) is 0 Å². The van der Waals surface area contributed by atoms with Crippen LogP contribution in [0.15, 0.2) is 36.7 Å². The second-order valence-electron chi connectivity index (χ2n) is 8.60. The molecule has 13 nitrogen and oxygen atoms in total. The molecule has 36 heavy (non-hydrogen) atoms. The number of nitrogen functional groups attached to an aromatic ring is 2. The van der Waals surface area contributed by atoms with Crippen LogP contribution in [-0.2, 0) is 23.4 Å². The van der Waals surface area contributed by atoms with Gasteiger partial charge in [0.25, 0.3) is 0 Å². The van der Waals surface area contributed by atoms with Crippen LogP contribution in [-0.4, -0.2) is 50.3 Å². The van der Waals surface area contributed by atoms with Crippen molar-refractivity contribution >= 4 is 36.6 Å². The quantitative estimate of drug-likeness (QED) is 0.264. The van der Waals surface area contributed by atoms with Crippen molar-refractivity contribution in [2.75, 3.05) is 18.1 Å². The summed E-state index contributed by atoms with van der Waals surface area (Å²) in [6.07, 6.45) is 1.27. The van der Waals surface area contributed by atoms with E-state index in [4.69, 9.17) is 30.0 Å². The second-order valence-corrected chi connectivity index (χ2v) is 10.3. The molecule has 0 aliphatic carbocycles. The van der Waals surface area contributed by atoms with Gasteiger partial charge in [-0.1, -0.05) is 18.2 Å². The molecule has 2 aromatic heterocycles. The number of carbonyl (C=O) groups is 1. The number of imidazole rings is 1. The number of hydrogen-bond donors (Lipinski definition) is 3. The van der Waals surface area contributed by atoms with Crippen molar-refractivity contribution in [1.29, 1.82) is 0 Å². The standard InChI is InChI=1S/C22H30N7O6P/c1-13(2)33-21(30)14(3)28-36(31,35-15-7-5-4-6-8-15)32-11-16-9-10-17(34-16)29-20-18(27-22(29)24)19(23)25-12-26-20/h4-8,12-14,16-17H,9-11H2,1-3H3,(H2,24,27)(H,28,31)(H2,23,25,26). The van der Waals surface area contributed by atoms with E-state index in [9.17, 15) is 9.36 Å². The minimum Gasteiger partial charge on any atom is -0.462 e. The van der Waals surface area contributed by atoms with Gasteiger partial charge in [0.15, 0.2) is 17.0 Å². The molecule has 0 bridgehead atoms. The van der Waals surface area contributed by atoms with Crippen LogP contribution in [0.1, 0.15) is 39.8 Å². The Hall–Kier alpha value is -3.25. The number of ether oxygens (including phenoxy) is 2. The molecule has 0 radical (unpaired) electrons. The molecule has 0 saturated carbocycles. The maximum atomic E-state index is 13.6. The molecule has 1 fully saturated rings. The van der Waals surface area contributed by atoms with Crippen molar-refractivity contribution in [2.45, 2.75) is 58.1 Å². The number of hydrogen-bond acceptors (Lipinski definition) is 11. The summed E-state index contributed by atoms with van der Waals surface area (Å²) < 4.78 is 38.0. The molecule has 3 heterocycles. The van der Waals surface area contributed by atoms with Gasteiger partial charge < -0.3 is 25.5 Å². The van der Waals surface area contributed by atoms with Gasteiger partial charge in [-0.3, -0.25) is 13.9 Å². The maximum absolute atomic E-state index is 13.6. The van der Waals surface area contributed by atoms with Gasteiger partial charge in [0.1, 0.15) is 24.3 Å². The average molecular weight is 519 g/mol. The van der Waals surface area contributed by atoms with E-state index >= 15 is 0 Å². The highest BCUT2D eigenvalue weighted by Crippen LogP contribution is 2.46. The molecule has 4 rings (SSSR count). The smallest absolute Gasteiger partial charge is 0.459 e. The Bertz CT molecular complexity index is 1250. The fourth-order valence-corrected chi connectivity index (χ4v) is 5.26. The molecule has 0 amide bonds. The van der Waals surface area contributed by atoms with Crippen molar-refractivity contribution in [3.8, 4) is 5.75 Å². The summed E-state index contributed by atoms with van der Waals surface area (Å²) in [4.78, 5) is 24.7. The van der Waals surface area contributed by atoms with Crippen LogP contribution < -0.4 is 21.1 Å². The van der Waals surface area contributed by atoms with Gasteiger partial charge >= 0.3 is 13.7 Å². The van der Waals surface area contributed by atoms with E-state index in [0.717, 1.165) is 0 Å². The molecule has 5 N–H and O–H groups in total. The Kier molecular flexibility index (Phi) is 7.74. The highest BCUT2D eigenvalue weighted by molar-refractivity contribution is 7.52. The highest BCUT2D eigenvalue weighted by atomic mass is 31.2. The van der Waals surface area contributed by atoms with Gasteiger partial charge in [-0.15, -0.1) is 0 Å². The summed E-state index contributed by atoms with van der Waals surface area (Å²) in [6, 6.07) is 7.59. The third kappa shape index (κ3) is 5.93. The predicted octanol–water partition coefficient (Wildman–Crippen LogP) is 2.80. The fourth-order valence-electron chi connectivity index (χ4n) is 3.74. The van der Waals surface area contributed by atoms with Gasteiger partial charge in [0, 0.05) is 0 Å². The highest BCUT2D eigenvalue weighted by Gasteiger charge is 2.36. The Balaban J connectivity index is 1.45. The Morgan fingerprint density at radius 1 is 1.22 bits per heavy atom. The first-order valence-electron chi connectivity index (χ1n) is 11.5. The lowest BCUT2D eigenvalue weighted by atomic mass is 10.2. The third-order valence-electron chi connectivity index (χ3n) is 5.36. The molecule has 3 aromatic rings. The number of aromatic nitrogens is 4. The number of para-hydroxylation sites is 1. The molecule has 4 unspecified atom stereocenters. The van der Waals surface area contributed by atoms with Crippen LogP contribution in [0.5, 0.6) is 5.75 Å². The lowest BCUT2D eigenvalue weighted by molar-refractivity contribution is -0.149. The minimum absolute atomic E-state index is 0.0663. The Morgan fingerprint density at radius 2 is 1.97 bits per heavy atom. The van der Waals surface area contributed by atoms with Crippen LogP contribution in [0.2, 0.25) is 0 Å². The lowest BCUT2D eigenvalue weighted by Crippen LogP contribution is -2.36. The molecular weight excluding hydrogens is 489 g/mol. The van der Waals surface area contributed by atoms with Crippen LogP contribution >= 0.6 is 7.75 Å². The summed E-state index contributed by atoms with van der Waals surface area (Å²) in [6.45, 7) is 4.91. The van der Waals surface area contributed by atoms with Crippen molar-refractivity contribution in [1.82, 2.24) is 24.6 Å². The van der Waals surface area contributed by atoms with Crippen LogP contribution in [0.3, 0.4) is 0 Å². The fraction of sp³-hybridized carbons (Fsp3) is 0.455. The molecule has 194 valence electrons. The maximum Gasteiger partial charge on any atom is 0.459 e. The first-order chi connectivity index (χ1) is 17.1. The predicted molar refractivity (Wildman–Crippen MR) is 132 cm³/mol. The number of esters is 1. The summed E-state index contributed by atoms with van der Waals surface area (Å²) in [7, 11) is -3.99. The third-order valence-corrected chi connectivity index (χ3v) is 7.01. The SMILES string of the molecule is CC(C)OC(=O)C(C)NP(=O)(OCC1CCC(n2c(N)nc3c(N)ncnc32)O1)Oc1ccccc1.